The van der Waals surface area contributed by atoms with Crippen LogP contribution in [0.5, 0.6) is 5.75 Å². The Bertz CT molecular complexity index is 2310. The summed E-state index contributed by atoms with van der Waals surface area (Å²) in [6.45, 7) is 21.6. The molecule has 1 fully saturated rings. The van der Waals surface area contributed by atoms with Crippen LogP contribution in [0.3, 0.4) is 0 Å². The summed E-state index contributed by atoms with van der Waals surface area (Å²) < 4.78 is 24.6. The third kappa shape index (κ3) is 18.3. The Balaban J connectivity index is 1.47. The maximum Gasteiger partial charge on any atom is 0.407 e. The fraction of sp³-hybridized carbons (Fsp3) is 0.482. The van der Waals surface area contributed by atoms with Gasteiger partial charge in [0, 0.05) is 25.4 Å². The van der Waals surface area contributed by atoms with Gasteiger partial charge in [0.05, 0.1) is 25.4 Å². The van der Waals surface area contributed by atoms with E-state index in [0.717, 1.165) is 22.3 Å². The molecule has 14 nitrogen and oxygen atoms in total. The molecule has 1 aliphatic rings. The zero-order valence-electron chi connectivity index (χ0n) is 43.4. The van der Waals surface area contributed by atoms with Crippen molar-refractivity contribution in [3.63, 3.8) is 0 Å². The van der Waals surface area contributed by atoms with Crippen LogP contribution in [0.4, 0.5) is 9.59 Å². The van der Waals surface area contributed by atoms with Gasteiger partial charge >= 0.3 is 12.1 Å². The first-order valence-electron chi connectivity index (χ1n) is 24.9. The predicted molar refractivity (Wildman–Crippen MR) is 279 cm³/mol. The summed E-state index contributed by atoms with van der Waals surface area (Å²) in [5.41, 5.74) is 2.84. The molecule has 4 aromatic carbocycles. The molecule has 15 heteroatoms. The number of benzene rings is 4. The summed E-state index contributed by atoms with van der Waals surface area (Å²) in [5.74, 6) is -2.11. The van der Waals surface area contributed by atoms with Crippen LogP contribution in [0.2, 0.25) is 18.1 Å². The molecule has 5 rings (SSSR count). The van der Waals surface area contributed by atoms with Gasteiger partial charge in [-0.15, -0.1) is 0 Å². The van der Waals surface area contributed by atoms with Crippen molar-refractivity contribution >= 4 is 38.2 Å². The van der Waals surface area contributed by atoms with Gasteiger partial charge in [-0.1, -0.05) is 138 Å². The number of carbonyl (C=O) groups is 5. The van der Waals surface area contributed by atoms with Crippen molar-refractivity contribution in [3.8, 4) is 5.75 Å². The van der Waals surface area contributed by atoms with Crippen LogP contribution in [0.25, 0.3) is 0 Å². The first kappa shape index (κ1) is 55.9. The molecule has 4 N–H and O–H groups in total. The van der Waals surface area contributed by atoms with E-state index in [1.165, 1.54) is 4.90 Å². The molecule has 5 unspecified atom stereocenters. The topological polar surface area (TPSA) is 174 Å². The molecule has 6 amide bonds. The minimum absolute atomic E-state index is 0.103. The summed E-state index contributed by atoms with van der Waals surface area (Å²) >= 11 is 0. The van der Waals surface area contributed by atoms with Gasteiger partial charge in [0.1, 0.15) is 30.0 Å². The SMILES string of the molecule is CC(C)C(NC(=O)C(Cc1ccccc1)CC(O[Si](C)(C)C(C)(C)C)C(Cc1ccc(OCc2ccccc2)cc1)NC(=O)OC(C)(C)C)C(=O)NC(Cc1ccccc1)C(=O)NC(=O)N1CCOCC1. The molecule has 0 aliphatic carbocycles. The molecule has 0 bridgehead atoms. The number of nitrogens with zero attached hydrogens (tertiary/aromatic N) is 1. The first-order chi connectivity index (χ1) is 33.6. The highest BCUT2D eigenvalue weighted by molar-refractivity contribution is 6.74. The number of urea groups is 1. The number of morpholine rings is 1. The van der Waals surface area contributed by atoms with Crippen molar-refractivity contribution < 1.29 is 42.6 Å². The van der Waals surface area contributed by atoms with Gasteiger partial charge in [-0.3, -0.25) is 19.7 Å². The average Bonchev–Trinajstić information content (AvgIpc) is 3.32. The highest BCUT2D eigenvalue weighted by Crippen LogP contribution is 2.39. The van der Waals surface area contributed by atoms with E-state index in [0.29, 0.717) is 51.5 Å². The van der Waals surface area contributed by atoms with Crippen LogP contribution in [-0.2, 0) is 54.2 Å². The monoisotopic (exact) mass is 992 g/mol. The molecular formula is C56H77N5O9Si. The summed E-state index contributed by atoms with van der Waals surface area (Å²) in [6.07, 6.45) is -0.409. The zero-order chi connectivity index (χ0) is 51.8. The largest absolute Gasteiger partial charge is 0.489 e. The van der Waals surface area contributed by atoms with Crippen molar-refractivity contribution in [2.24, 2.45) is 11.8 Å². The smallest absolute Gasteiger partial charge is 0.407 e. The van der Waals surface area contributed by atoms with Crippen LogP contribution in [0.1, 0.15) is 84.1 Å². The molecule has 71 heavy (non-hydrogen) atoms. The second-order valence-corrected chi connectivity index (χ2v) is 26.0. The van der Waals surface area contributed by atoms with Gasteiger partial charge in [-0.2, -0.15) is 0 Å². The molecular weight excluding hydrogens is 915 g/mol. The number of carbonyl (C=O) groups excluding carboxylic acids is 5. The Morgan fingerprint density at radius 1 is 0.648 bits per heavy atom. The number of hydrogen-bond donors (Lipinski definition) is 4. The average molecular weight is 992 g/mol. The van der Waals surface area contributed by atoms with E-state index < -0.39 is 79.8 Å². The highest BCUT2D eigenvalue weighted by atomic mass is 28.4. The fourth-order valence-electron chi connectivity index (χ4n) is 7.93. The van der Waals surface area contributed by atoms with Gasteiger partial charge in [0.25, 0.3) is 5.91 Å². The minimum atomic E-state index is -2.62. The standard InChI is InChI=1S/C56H77N5O9Si/c1-39(2)49(52(64)57-47(36-41-22-16-12-17-23-41)51(63)60-53(65)61-30-32-67-33-31-61)59-50(62)44(34-40-20-14-11-15-21-40)37-48(70-71(9,10)56(6,7)8)46(58-54(66)69-55(3,4)5)35-42-26-28-45(29-27-42)68-38-43-24-18-13-19-25-43/h11-29,39,44,46-49H,30-38H2,1-10H3,(H,57,64)(H,58,66)(H,59,62)(H,60,63,65). The van der Waals surface area contributed by atoms with Gasteiger partial charge in [0.15, 0.2) is 8.32 Å². The molecule has 0 saturated carbocycles. The highest BCUT2D eigenvalue weighted by Gasteiger charge is 2.43. The van der Waals surface area contributed by atoms with Crippen molar-refractivity contribution in [2.75, 3.05) is 26.3 Å². The Labute approximate surface area is 422 Å². The van der Waals surface area contributed by atoms with Crippen molar-refractivity contribution in [1.82, 2.24) is 26.2 Å². The number of ether oxygens (including phenoxy) is 3. The zero-order valence-corrected chi connectivity index (χ0v) is 44.4. The molecule has 0 spiro atoms. The summed E-state index contributed by atoms with van der Waals surface area (Å²) in [4.78, 5) is 71.9. The summed E-state index contributed by atoms with van der Waals surface area (Å²) in [5, 5.41) is 11.4. The molecule has 1 aliphatic heterocycles. The van der Waals surface area contributed by atoms with E-state index in [1.54, 1.807) is 0 Å². The lowest BCUT2D eigenvalue weighted by molar-refractivity contribution is -0.134. The summed E-state index contributed by atoms with van der Waals surface area (Å²) in [7, 11) is -2.62. The number of nitrogens with one attached hydrogen (secondary N) is 4. The molecule has 1 saturated heterocycles. The van der Waals surface area contributed by atoms with Crippen molar-refractivity contribution in [1.29, 1.82) is 0 Å². The van der Waals surface area contributed by atoms with Crippen LogP contribution < -0.4 is 26.0 Å². The summed E-state index contributed by atoms with van der Waals surface area (Å²) in [6, 6.07) is 33.1. The number of alkyl carbamates (subject to hydrolysis) is 1. The lowest BCUT2D eigenvalue weighted by Gasteiger charge is -2.42. The Kier molecular flexibility index (Phi) is 20.4. The van der Waals surface area contributed by atoms with Gasteiger partial charge in [-0.25, -0.2) is 9.59 Å². The van der Waals surface area contributed by atoms with Crippen molar-refractivity contribution in [2.45, 2.75) is 136 Å². The third-order valence-corrected chi connectivity index (χ3v) is 17.4. The van der Waals surface area contributed by atoms with E-state index in [4.69, 9.17) is 18.6 Å². The van der Waals surface area contributed by atoms with E-state index in [2.05, 4.69) is 55.1 Å². The maximum absolute atomic E-state index is 15.1. The van der Waals surface area contributed by atoms with Crippen LogP contribution in [0, 0.1) is 11.8 Å². The second-order valence-electron chi connectivity index (χ2n) is 21.3. The predicted octanol–water partition coefficient (Wildman–Crippen LogP) is 8.78. The minimum Gasteiger partial charge on any atom is -0.489 e. The molecule has 384 valence electrons. The Morgan fingerprint density at radius 3 is 1.72 bits per heavy atom. The van der Waals surface area contributed by atoms with E-state index in [9.17, 15) is 19.2 Å². The van der Waals surface area contributed by atoms with E-state index in [-0.39, 0.29) is 17.9 Å². The number of rotatable bonds is 21. The lowest BCUT2D eigenvalue weighted by Crippen LogP contribution is -2.59. The van der Waals surface area contributed by atoms with Crippen LogP contribution in [-0.4, -0.2) is 99.2 Å². The van der Waals surface area contributed by atoms with E-state index in [1.807, 2.05) is 150 Å². The Morgan fingerprint density at radius 2 is 1.18 bits per heavy atom. The maximum atomic E-state index is 15.1. The number of hydrogen-bond acceptors (Lipinski definition) is 9. The number of imide groups is 1. The van der Waals surface area contributed by atoms with Gasteiger partial charge < -0.3 is 39.5 Å². The quantitative estimate of drug-likeness (QED) is 0.0596. The molecule has 0 aromatic heterocycles. The van der Waals surface area contributed by atoms with Gasteiger partial charge in [-0.05, 0) is 98.5 Å². The van der Waals surface area contributed by atoms with E-state index >= 15 is 4.79 Å². The lowest BCUT2D eigenvalue weighted by atomic mass is 9.88. The Hall–Kier alpha value is -6.03. The van der Waals surface area contributed by atoms with Crippen LogP contribution in [0.15, 0.2) is 115 Å². The van der Waals surface area contributed by atoms with Crippen LogP contribution >= 0.6 is 0 Å². The molecule has 5 atom stereocenters. The second kappa shape index (κ2) is 25.9. The molecule has 0 radical (unpaired) electrons. The normalized spacial score (nSPS) is 15.3. The fourth-order valence-corrected chi connectivity index (χ4v) is 9.30. The third-order valence-electron chi connectivity index (χ3n) is 12.9. The number of amides is 6. The molecule has 4 aromatic rings. The first-order valence-corrected chi connectivity index (χ1v) is 27.8. The van der Waals surface area contributed by atoms with Gasteiger partial charge in [0.2, 0.25) is 11.8 Å². The molecule has 1 heterocycles. The van der Waals surface area contributed by atoms with Crippen molar-refractivity contribution in [3.05, 3.63) is 138 Å².